The Balaban J connectivity index is 1.79. The van der Waals surface area contributed by atoms with E-state index in [1.54, 1.807) is 0 Å². The van der Waals surface area contributed by atoms with Crippen LogP contribution in [0.1, 0.15) is 15.9 Å². The standard InChI is InChI=1S/C20H16N4O/c21-11-12-24(15-16-7-3-1-4-8-16)20(25)18-13-22-19(23-14-18)17-9-5-2-6-10-17/h1-10,13-14H,12,15H2. The number of hydrogen-bond acceptors (Lipinski definition) is 4. The molecule has 0 aliphatic rings. The highest BCUT2D eigenvalue weighted by Gasteiger charge is 2.17. The van der Waals surface area contributed by atoms with Crippen molar-refractivity contribution < 1.29 is 4.79 Å². The Morgan fingerprint density at radius 2 is 1.56 bits per heavy atom. The van der Waals surface area contributed by atoms with Gasteiger partial charge in [-0.25, -0.2) is 9.97 Å². The van der Waals surface area contributed by atoms with E-state index in [9.17, 15) is 4.79 Å². The van der Waals surface area contributed by atoms with Gasteiger partial charge in [0.1, 0.15) is 6.54 Å². The lowest BCUT2D eigenvalue weighted by atomic mass is 10.2. The molecule has 0 N–H and O–H groups in total. The quantitative estimate of drug-likeness (QED) is 0.674. The summed E-state index contributed by atoms with van der Waals surface area (Å²) in [6.45, 7) is 0.377. The second-order valence-electron chi connectivity index (χ2n) is 5.47. The highest BCUT2D eigenvalue weighted by Crippen LogP contribution is 2.14. The number of aromatic nitrogens is 2. The van der Waals surface area contributed by atoms with Crippen molar-refractivity contribution in [2.75, 3.05) is 6.54 Å². The van der Waals surface area contributed by atoms with Gasteiger partial charge in [-0.05, 0) is 5.56 Å². The van der Waals surface area contributed by atoms with Crippen molar-refractivity contribution in [3.63, 3.8) is 0 Å². The van der Waals surface area contributed by atoms with Crippen LogP contribution in [-0.2, 0) is 6.54 Å². The fraction of sp³-hybridized carbons (Fsp3) is 0.100. The molecule has 25 heavy (non-hydrogen) atoms. The largest absolute Gasteiger partial charge is 0.321 e. The van der Waals surface area contributed by atoms with Crippen LogP contribution in [0.4, 0.5) is 0 Å². The molecule has 0 saturated heterocycles. The average molecular weight is 328 g/mol. The molecule has 1 aromatic heterocycles. The molecule has 5 heteroatoms. The van der Waals surface area contributed by atoms with E-state index in [1.165, 1.54) is 17.3 Å². The molecule has 0 bridgehead atoms. The van der Waals surface area contributed by atoms with E-state index in [1.807, 2.05) is 66.7 Å². The molecular weight excluding hydrogens is 312 g/mol. The third kappa shape index (κ3) is 4.06. The van der Waals surface area contributed by atoms with Gasteiger partial charge in [0.2, 0.25) is 0 Å². The first kappa shape index (κ1) is 16.3. The Morgan fingerprint density at radius 1 is 0.960 bits per heavy atom. The minimum absolute atomic E-state index is 0.00810. The number of nitrogens with zero attached hydrogens (tertiary/aromatic N) is 4. The zero-order chi connectivity index (χ0) is 17.5. The molecule has 1 amide bonds. The molecule has 0 aliphatic heterocycles. The summed E-state index contributed by atoms with van der Waals surface area (Å²) < 4.78 is 0. The second kappa shape index (κ2) is 7.84. The third-order valence-corrected chi connectivity index (χ3v) is 3.70. The SMILES string of the molecule is N#CCN(Cc1ccccc1)C(=O)c1cnc(-c2ccccc2)nc1. The van der Waals surface area contributed by atoms with Gasteiger partial charge in [0, 0.05) is 24.5 Å². The van der Waals surface area contributed by atoms with Crippen molar-refractivity contribution in [2.45, 2.75) is 6.54 Å². The van der Waals surface area contributed by atoms with Gasteiger partial charge in [-0.3, -0.25) is 4.79 Å². The minimum atomic E-state index is -0.259. The lowest BCUT2D eigenvalue weighted by Gasteiger charge is -2.19. The van der Waals surface area contributed by atoms with Crippen LogP contribution in [0.15, 0.2) is 73.1 Å². The molecule has 0 unspecified atom stereocenters. The summed E-state index contributed by atoms with van der Waals surface area (Å²) in [6.07, 6.45) is 3.01. The van der Waals surface area contributed by atoms with Crippen LogP contribution >= 0.6 is 0 Å². The molecule has 122 valence electrons. The Hall–Kier alpha value is -3.52. The second-order valence-corrected chi connectivity index (χ2v) is 5.47. The fourth-order valence-electron chi connectivity index (χ4n) is 2.45. The maximum absolute atomic E-state index is 12.7. The number of amides is 1. The summed E-state index contributed by atoms with van der Waals surface area (Å²) in [5.41, 5.74) is 2.22. The Morgan fingerprint density at radius 3 is 2.16 bits per heavy atom. The minimum Gasteiger partial charge on any atom is -0.321 e. The van der Waals surface area contributed by atoms with Crippen LogP contribution in [0.5, 0.6) is 0 Å². The van der Waals surface area contributed by atoms with Crippen molar-refractivity contribution in [3.05, 3.63) is 84.2 Å². The highest BCUT2D eigenvalue weighted by molar-refractivity contribution is 5.93. The van der Waals surface area contributed by atoms with Gasteiger partial charge in [-0.2, -0.15) is 5.26 Å². The zero-order valence-corrected chi connectivity index (χ0v) is 13.5. The van der Waals surface area contributed by atoms with Crippen LogP contribution in [0.3, 0.4) is 0 Å². The summed E-state index contributed by atoms with van der Waals surface area (Å²) in [6, 6.07) is 21.2. The lowest BCUT2D eigenvalue weighted by Crippen LogP contribution is -2.31. The summed E-state index contributed by atoms with van der Waals surface area (Å²) in [7, 11) is 0. The average Bonchev–Trinajstić information content (AvgIpc) is 2.69. The molecule has 0 fully saturated rings. The highest BCUT2D eigenvalue weighted by atomic mass is 16.2. The maximum atomic E-state index is 12.7. The summed E-state index contributed by atoms with van der Waals surface area (Å²) in [4.78, 5) is 22.7. The smallest absolute Gasteiger partial charge is 0.258 e. The Labute approximate surface area is 146 Å². The van der Waals surface area contributed by atoms with E-state index in [4.69, 9.17) is 5.26 Å². The van der Waals surface area contributed by atoms with Gasteiger partial charge in [0.25, 0.3) is 5.91 Å². The van der Waals surface area contributed by atoms with Crippen molar-refractivity contribution in [3.8, 4) is 17.5 Å². The topological polar surface area (TPSA) is 69.9 Å². The van der Waals surface area contributed by atoms with E-state index < -0.39 is 0 Å². The van der Waals surface area contributed by atoms with Gasteiger partial charge in [0.15, 0.2) is 5.82 Å². The Bertz CT molecular complexity index is 871. The fourth-order valence-corrected chi connectivity index (χ4v) is 2.45. The predicted molar refractivity (Wildman–Crippen MR) is 94.3 cm³/mol. The molecule has 2 aromatic carbocycles. The van der Waals surface area contributed by atoms with Crippen molar-refractivity contribution in [2.24, 2.45) is 0 Å². The Kier molecular flexibility index (Phi) is 5.13. The molecule has 1 heterocycles. The first-order valence-electron chi connectivity index (χ1n) is 7.85. The molecule has 0 radical (unpaired) electrons. The number of rotatable bonds is 5. The molecule has 0 spiro atoms. The van der Waals surface area contributed by atoms with Crippen LogP contribution in [0.25, 0.3) is 11.4 Å². The number of hydrogen-bond donors (Lipinski definition) is 0. The number of carbonyl (C=O) groups is 1. The van der Waals surface area contributed by atoms with Crippen LogP contribution in [-0.4, -0.2) is 27.3 Å². The third-order valence-electron chi connectivity index (χ3n) is 3.70. The molecule has 0 aliphatic carbocycles. The summed E-state index contributed by atoms with van der Waals surface area (Å²) in [5, 5.41) is 9.03. The first-order valence-corrected chi connectivity index (χ1v) is 7.85. The molecule has 0 saturated carbocycles. The molecule has 3 aromatic rings. The monoisotopic (exact) mass is 328 g/mol. The van der Waals surface area contributed by atoms with Crippen LogP contribution in [0.2, 0.25) is 0 Å². The predicted octanol–water partition coefficient (Wildman–Crippen LogP) is 3.31. The van der Waals surface area contributed by atoms with Gasteiger partial charge in [0.05, 0.1) is 11.6 Å². The van der Waals surface area contributed by atoms with Crippen molar-refractivity contribution in [1.29, 1.82) is 5.26 Å². The normalized spacial score (nSPS) is 10.0. The molecule has 3 rings (SSSR count). The summed E-state index contributed by atoms with van der Waals surface area (Å²) in [5.74, 6) is 0.303. The van der Waals surface area contributed by atoms with Crippen molar-refractivity contribution >= 4 is 5.91 Å². The van der Waals surface area contributed by atoms with Gasteiger partial charge < -0.3 is 4.90 Å². The maximum Gasteiger partial charge on any atom is 0.258 e. The number of nitriles is 1. The van der Waals surface area contributed by atoms with E-state index in [-0.39, 0.29) is 12.5 Å². The number of benzene rings is 2. The van der Waals surface area contributed by atoms with Crippen molar-refractivity contribution in [1.82, 2.24) is 14.9 Å². The van der Waals surface area contributed by atoms with Gasteiger partial charge >= 0.3 is 0 Å². The molecule has 0 atom stereocenters. The summed E-state index contributed by atoms with van der Waals surface area (Å²) >= 11 is 0. The van der Waals surface area contributed by atoms with Gasteiger partial charge in [-0.1, -0.05) is 60.7 Å². The zero-order valence-electron chi connectivity index (χ0n) is 13.5. The molecule has 5 nitrogen and oxygen atoms in total. The van der Waals surface area contributed by atoms with Crippen LogP contribution in [0, 0.1) is 11.3 Å². The van der Waals surface area contributed by atoms with E-state index >= 15 is 0 Å². The molecular formula is C20H16N4O. The lowest BCUT2D eigenvalue weighted by molar-refractivity contribution is 0.0764. The van der Waals surface area contributed by atoms with E-state index in [2.05, 4.69) is 9.97 Å². The van der Waals surface area contributed by atoms with Gasteiger partial charge in [-0.15, -0.1) is 0 Å². The first-order chi connectivity index (χ1) is 12.3. The number of carbonyl (C=O) groups excluding carboxylic acids is 1. The van der Waals surface area contributed by atoms with E-state index in [0.717, 1.165) is 11.1 Å². The van der Waals surface area contributed by atoms with Crippen LogP contribution < -0.4 is 0 Å². The van der Waals surface area contributed by atoms with E-state index in [0.29, 0.717) is 17.9 Å².